The third kappa shape index (κ3) is 3.45. The molecule has 6 heteroatoms. The lowest BCUT2D eigenvalue weighted by atomic mass is 9.63. The maximum Gasteiger partial charge on any atom is 0.242 e. The first-order valence-electron chi connectivity index (χ1n) is 10.2. The smallest absolute Gasteiger partial charge is 0.242 e. The van der Waals surface area contributed by atoms with E-state index in [-0.39, 0.29) is 11.5 Å². The molecule has 1 aliphatic carbocycles. The molecule has 4 rings (SSSR count). The number of rotatable bonds is 6. The van der Waals surface area contributed by atoms with E-state index in [4.69, 9.17) is 0 Å². The molecule has 0 spiro atoms. The van der Waals surface area contributed by atoms with Gasteiger partial charge in [0.1, 0.15) is 0 Å². The lowest BCUT2D eigenvalue weighted by Crippen LogP contribution is -2.45. The Balaban J connectivity index is 1.63. The first kappa shape index (κ1) is 21.3. The van der Waals surface area contributed by atoms with E-state index < -0.39 is 10.0 Å². The van der Waals surface area contributed by atoms with Gasteiger partial charge in [-0.2, -0.15) is 0 Å². The van der Waals surface area contributed by atoms with Crippen molar-refractivity contribution in [3.63, 3.8) is 0 Å². The quantitative estimate of drug-likeness (QED) is 0.542. The van der Waals surface area contributed by atoms with Crippen LogP contribution in [0.1, 0.15) is 36.8 Å². The van der Waals surface area contributed by atoms with Gasteiger partial charge in [-0.25, -0.2) is 12.7 Å². The van der Waals surface area contributed by atoms with E-state index in [1.807, 2.05) is 6.07 Å². The lowest BCUT2D eigenvalue weighted by Gasteiger charge is -2.42. The van der Waals surface area contributed by atoms with Crippen molar-refractivity contribution in [1.82, 2.24) is 4.31 Å². The van der Waals surface area contributed by atoms with Crippen LogP contribution >= 0.6 is 15.9 Å². The number of hydrogen-bond donors (Lipinski definition) is 1. The van der Waals surface area contributed by atoms with Crippen molar-refractivity contribution < 1.29 is 8.42 Å². The predicted molar refractivity (Wildman–Crippen MR) is 127 cm³/mol. The minimum absolute atomic E-state index is 0.242. The van der Waals surface area contributed by atoms with E-state index in [0.29, 0.717) is 17.9 Å². The van der Waals surface area contributed by atoms with Gasteiger partial charge in [-0.3, -0.25) is 0 Å². The summed E-state index contributed by atoms with van der Waals surface area (Å²) < 4.78 is 28.8. The zero-order valence-corrected chi connectivity index (χ0v) is 19.6. The van der Waals surface area contributed by atoms with Crippen LogP contribution in [-0.4, -0.2) is 32.4 Å². The summed E-state index contributed by atoms with van der Waals surface area (Å²) in [5.41, 5.74) is 4.22. The number of nitrogens with zero attached hydrogens (tertiary/aromatic N) is 1. The molecule has 158 valence electrons. The Morgan fingerprint density at radius 2 is 2.00 bits per heavy atom. The second kappa shape index (κ2) is 7.98. The number of sulfonamides is 1. The third-order valence-electron chi connectivity index (χ3n) is 6.63. The zero-order chi connectivity index (χ0) is 21.5. The van der Waals surface area contributed by atoms with Crippen LogP contribution in [-0.2, 0) is 15.4 Å². The molecule has 2 aromatic rings. The number of hydrogen-bond acceptors (Lipinski definition) is 3. The highest BCUT2D eigenvalue weighted by atomic mass is 79.9. The molecule has 0 unspecified atom stereocenters. The SMILES string of the molecule is C=Cc1ccc(S(=O)(=O)N(C)CC[C@@]23C(=C)CCC[C@@H]2Nc2ccc(Br)cc23)cc1. The molecule has 1 fully saturated rings. The van der Waals surface area contributed by atoms with Crippen molar-refractivity contribution in [2.75, 3.05) is 18.9 Å². The second-order valence-corrected chi connectivity index (χ2v) is 11.2. The molecule has 2 aliphatic rings. The van der Waals surface area contributed by atoms with E-state index >= 15 is 0 Å². The minimum Gasteiger partial charge on any atom is -0.381 e. The summed E-state index contributed by atoms with van der Waals surface area (Å²) in [5.74, 6) is 0. The summed E-state index contributed by atoms with van der Waals surface area (Å²) in [6, 6.07) is 13.4. The summed E-state index contributed by atoms with van der Waals surface area (Å²) >= 11 is 3.61. The average Bonchev–Trinajstić information content (AvgIpc) is 3.07. The number of benzene rings is 2. The first-order chi connectivity index (χ1) is 14.3. The molecule has 1 aliphatic heterocycles. The molecule has 0 radical (unpaired) electrons. The third-order valence-corrected chi connectivity index (χ3v) is 9.00. The molecule has 0 amide bonds. The van der Waals surface area contributed by atoms with Gasteiger partial charge in [-0.1, -0.05) is 52.9 Å². The molecular formula is C24H27BrN2O2S. The lowest BCUT2D eigenvalue weighted by molar-refractivity contribution is 0.316. The number of fused-ring (bicyclic) bond motifs is 3. The Labute approximate surface area is 187 Å². The van der Waals surface area contributed by atoms with Crippen LogP contribution in [0.3, 0.4) is 0 Å². The molecule has 1 heterocycles. The summed E-state index contributed by atoms with van der Waals surface area (Å²) in [4.78, 5) is 0.305. The number of halogens is 1. The van der Waals surface area contributed by atoms with Crippen LogP contribution in [0, 0.1) is 0 Å². The fraction of sp³-hybridized carbons (Fsp3) is 0.333. The average molecular weight is 487 g/mol. The highest BCUT2D eigenvalue weighted by Gasteiger charge is 2.50. The molecule has 30 heavy (non-hydrogen) atoms. The Hall–Kier alpha value is -1.89. The maximum atomic E-state index is 13.1. The molecular weight excluding hydrogens is 460 g/mol. The van der Waals surface area contributed by atoms with E-state index in [9.17, 15) is 8.42 Å². The standard InChI is InChI=1S/C24H27BrN2O2S/c1-4-18-8-11-20(12-9-18)30(28,29)27(3)15-14-24-17(2)6-5-7-23(24)26-22-13-10-19(25)16-21(22)24/h4,8-13,16,23,26H,1-2,5-7,14-15H2,3H3/t23-,24-/m0/s1. The van der Waals surface area contributed by atoms with Gasteiger partial charge in [0.25, 0.3) is 0 Å². The zero-order valence-electron chi connectivity index (χ0n) is 17.2. The van der Waals surface area contributed by atoms with Crippen LogP contribution < -0.4 is 5.32 Å². The van der Waals surface area contributed by atoms with E-state index in [2.05, 4.69) is 46.5 Å². The summed E-state index contributed by atoms with van der Waals surface area (Å²) in [5, 5.41) is 3.68. The maximum absolute atomic E-state index is 13.1. The second-order valence-electron chi connectivity index (χ2n) is 8.20. The van der Waals surface area contributed by atoms with Gasteiger partial charge in [0, 0.05) is 35.2 Å². The Morgan fingerprint density at radius 3 is 2.70 bits per heavy atom. The summed E-state index contributed by atoms with van der Waals surface area (Å²) in [7, 11) is -1.90. The minimum atomic E-state index is -3.56. The number of anilines is 1. The number of nitrogens with one attached hydrogen (secondary N) is 1. The largest absolute Gasteiger partial charge is 0.381 e. The highest BCUT2D eigenvalue weighted by Crippen LogP contribution is 2.53. The molecule has 0 aromatic heterocycles. The van der Waals surface area contributed by atoms with Gasteiger partial charge in [-0.15, -0.1) is 0 Å². The van der Waals surface area contributed by atoms with Gasteiger partial charge in [0.2, 0.25) is 10.0 Å². The van der Waals surface area contributed by atoms with Crippen molar-refractivity contribution in [3.05, 3.63) is 76.8 Å². The van der Waals surface area contributed by atoms with Crippen LogP contribution in [0.2, 0.25) is 0 Å². The van der Waals surface area contributed by atoms with Gasteiger partial charge in [-0.05, 0) is 67.1 Å². The van der Waals surface area contributed by atoms with Gasteiger partial charge < -0.3 is 5.32 Å². The molecule has 0 bridgehead atoms. The van der Waals surface area contributed by atoms with Crippen LogP contribution in [0.25, 0.3) is 6.08 Å². The fourth-order valence-corrected chi connectivity index (χ4v) is 6.44. The Bertz CT molecular complexity index is 1090. The highest BCUT2D eigenvalue weighted by molar-refractivity contribution is 9.10. The normalized spacial score (nSPS) is 23.0. The van der Waals surface area contributed by atoms with Gasteiger partial charge in [0.15, 0.2) is 0 Å². The monoisotopic (exact) mass is 486 g/mol. The van der Waals surface area contributed by atoms with Crippen molar-refractivity contribution in [2.45, 2.75) is 42.0 Å². The first-order valence-corrected chi connectivity index (χ1v) is 12.5. The predicted octanol–water partition coefficient (Wildman–Crippen LogP) is 5.57. The fourth-order valence-electron chi connectivity index (χ4n) is 4.90. The van der Waals surface area contributed by atoms with Crippen molar-refractivity contribution in [2.24, 2.45) is 0 Å². The summed E-state index contributed by atoms with van der Waals surface area (Å²) in [6.07, 6.45) is 5.55. The van der Waals surface area contributed by atoms with E-state index in [0.717, 1.165) is 35.0 Å². The molecule has 0 saturated heterocycles. The molecule has 2 atom stereocenters. The molecule has 1 N–H and O–H groups in total. The van der Waals surface area contributed by atoms with Crippen molar-refractivity contribution >= 4 is 37.7 Å². The van der Waals surface area contributed by atoms with E-state index in [1.165, 1.54) is 15.4 Å². The Morgan fingerprint density at radius 1 is 1.27 bits per heavy atom. The molecule has 4 nitrogen and oxygen atoms in total. The molecule has 2 aromatic carbocycles. The Kier molecular flexibility index (Phi) is 5.68. The van der Waals surface area contributed by atoms with Crippen molar-refractivity contribution in [1.29, 1.82) is 0 Å². The van der Waals surface area contributed by atoms with Gasteiger partial charge >= 0.3 is 0 Å². The van der Waals surface area contributed by atoms with Gasteiger partial charge in [0.05, 0.1) is 4.90 Å². The summed E-state index contributed by atoms with van der Waals surface area (Å²) in [6.45, 7) is 8.59. The van der Waals surface area contributed by atoms with Crippen LogP contribution in [0.15, 0.2) is 70.6 Å². The van der Waals surface area contributed by atoms with Crippen molar-refractivity contribution in [3.8, 4) is 0 Å². The van der Waals surface area contributed by atoms with Crippen LogP contribution in [0.5, 0.6) is 0 Å². The van der Waals surface area contributed by atoms with E-state index in [1.54, 1.807) is 37.4 Å². The van der Waals surface area contributed by atoms with Crippen LogP contribution in [0.4, 0.5) is 5.69 Å². The molecule has 1 saturated carbocycles. The topological polar surface area (TPSA) is 49.4 Å².